The van der Waals surface area contributed by atoms with Crippen LogP contribution in [0.2, 0.25) is 0 Å². The van der Waals surface area contributed by atoms with Gasteiger partial charge >= 0.3 is 5.97 Å². The lowest BCUT2D eigenvalue weighted by Gasteiger charge is -2.31. The highest BCUT2D eigenvalue weighted by Gasteiger charge is 2.39. The van der Waals surface area contributed by atoms with Crippen LogP contribution in [-0.2, 0) is 17.6 Å². The third kappa shape index (κ3) is 4.16. The van der Waals surface area contributed by atoms with Gasteiger partial charge in [0.2, 0.25) is 0 Å². The Morgan fingerprint density at radius 1 is 1.19 bits per heavy atom. The average molecular weight is 460 g/mol. The van der Waals surface area contributed by atoms with Crippen molar-refractivity contribution in [3.05, 3.63) is 52.1 Å². The molecule has 2 aliphatic rings. The van der Waals surface area contributed by atoms with E-state index in [1.807, 2.05) is 6.92 Å². The van der Waals surface area contributed by atoms with Gasteiger partial charge in [0.25, 0.3) is 0 Å². The molecule has 0 aliphatic carbocycles. The van der Waals surface area contributed by atoms with Gasteiger partial charge in [-0.25, -0.2) is 4.79 Å². The van der Waals surface area contributed by atoms with Gasteiger partial charge in [-0.3, -0.25) is 4.99 Å². The van der Waals surface area contributed by atoms with E-state index in [1.165, 1.54) is 7.11 Å². The predicted octanol–water partition coefficient (Wildman–Crippen LogP) is 4.88. The molecule has 2 aliphatic heterocycles. The van der Waals surface area contributed by atoms with E-state index in [1.54, 1.807) is 18.2 Å². The molecule has 32 heavy (non-hydrogen) atoms. The molecule has 7 heteroatoms. The van der Waals surface area contributed by atoms with E-state index < -0.39 is 5.97 Å². The van der Waals surface area contributed by atoms with Crippen molar-refractivity contribution in [1.82, 2.24) is 0 Å². The van der Waals surface area contributed by atoms with Crippen LogP contribution in [0.4, 0.5) is 0 Å². The first-order chi connectivity index (χ1) is 14.5. The first-order valence-corrected chi connectivity index (χ1v) is 10.6. The first kappa shape index (κ1) is 23.9. The highest BCUT2D eigenvalue weighted by atomic mass is 35.5. The fourth-order valence-electron chi connectivity index (χ4n) is 4.50. The lowest BCUT2D eigenvalue weighted by molar-refractivity contribution is 0.0597. The zero-order valence-corrected chi connectivity index (χ0v) is 20.2. The van der Waals surface area contributed by atoms with Gasteiger partial charge in [0, 0.05) is 23.1 Å². The molecule has 0 atom stereocenters. The molecule has 0 spiro atoms. The second-order valence-electron chi connectivity index (χ2n) is 9.36. The summed E-state index contributed by atoms with van der Waals surface area (Å²) in [6.07, 6.45) is 1.50. The first-order valence-electron chi connectivity index (χ1n) is 10.6. The van der Waals surface area contributed by atoms with Crippen molar-refractivity contribution in [2.45, 2.75) is 58.6 Å². The molecule has 0 saturated heterocycles. The molecule has 1 N–H and O–H groups in total. The molecule has 0 aromatic heterocycles. The number of ether oxygens (including phenoxy) is 3. The van der Waals surface area contributed by atoms with Crippen LogP contribution < -0.4 is 9.47 Å². The Balaban J connectivity index is 0.00000289. The van der Waals surface area contributed by atoms with Gasteiger partial charge < -0.3 is 19.3 Å². The number of esters is 1. The third-order valence-electron chi connectivity index (χ3n) is 5.66. The number of hydrogen-bond acceptors (Lipinski definition) is 6. The molecule has 172 valence electrons. The number of aromatic hydroxyl groups is 1. The zero-order chi connectivity index (χ0) is 22.6. The molecule has 0 fully saturated rings. The number of halogens is 1. The number of aliphatic imine (C=N–C) groups is 1. The molecule has 0 unspecified atom stereocenters. The predicted molar refractivity (Wildman–Crippen MR) is 126 cm³/mol. The maximum absolute atomic E-state index is 11.9. The number of hydrogen-bond donors (Lipinski definition) is 1. The van der Waals surface area contributed by atoms with Crippen molar-refractivity contribution in [3.8, 4) is 17.2 Å². The van der Waals surface area contributed by atoms with Crippen LogP contribution in [0, 0.1) is 0 Å². The number of nitrogens with zero attached hydrogens (tertiary/aromatic N) is 1. The summed E-state index contributed by atoms with van der Waals surface area (Å²) in [5.74, 6) is 0.833. The lowest BCUT2D eigenvalue weighted by atomic mass is 9.81. The fourth-order valence-corrected chi connectivity index (χ4v) is 4.50. The summed E-state index contributed by atoms with van der Waals surface area (Å²) in [6, 6.07) is 7.04. The molecule has 4 rings (SSSR count). The molecule has 0 bridgehead atoms. The Kier molecular flexibility index (Phi) is 6.22. The number of methoxy groups -OCH3 is 1. The van der Waals surface area contributed by atoms with Gasteiger partial charge in [-0.05, 0) is 64.8 Å². The van der Waals surface area contributed by atoms with Crippen LogP contribution in [0.25, 0.3) is 0 Å². The number of phenolic OH excluding ortho intramolecular Hbond substituents is 1. The number of rotatable bonds is 4. The zero-order valence-electron chi connectivity index (χ0n) is 19.4. The van der Waals surface area contributed by atoms with E-state index in [-0.39, 0.29) is 34.9 Å². The van der Waals surface area contributed by atoms with Crippen LogP contribution in [0.1, 0.15) is 67.2 Å². The van der Waals surface area contributed by atoms with Crippen molar-refractivity contribution in [1.29, 1.82) is 0 Å². The highest BCUT2D eigenvalue weighted by Crippen LogP contribution is 2.48. The molecule has 6 nitrogen and oxygen atoms in total. The minimum absolute atomic E-state index is 0. The van der Waals surface area contributed by atoms with Crippen LogP contribution >= 0.6 is 12.4 Å². The van der Waals surface area contributed by atoms with Crippen LogP contribution in [0.15, 0.2) is 29.3 Å². The van der Waals surface area contributed by atoms with Crippen molar-refractivity contribution in [2.75, 3.05) is 13.7 Å². The number of benzene rings is 2. The Hall–Kier alpha value is -2.73. The monoisotopic (exact) mass is 459 g/mol. The topological polar surface area (TPSA) is 77.4 Å². The Bertz CT molecular complexity index is 1100. The molecule has 0 saturated carbocycles. The average Bonchev–Trinajstić information content (AvgIpc) is 3.01. The van der Waals surface area contributed by atoms with Crippen LogP contribution in [0.5, 0.6) is 17.2 Å². The molecule has 2 aromatic rings. The molecule has 2 heterocycles. The van der Waals surface area contributed by atoms with Gasteiger partial charge in [-0.2, -0.15) is 0 Å². The molecule has 2 aromatic carbocycles. The minimum atomic E-state index is -0.576. The maximum Gasteiger partial charge on any atom is 0.341 e. The minimum Gasteiger partial charge on any atom is -0.507 e. The van der Waals surface area contributed by atoms with E-state index in [0.717, 1.165) is 52.3 Å². The third-order valence-corrected chi connectivity index (χ3v) is 5.66. The summed E-state index contributed by atoms with van der Waals surface area (Å²) in [4.78, 5) is 17.0. The summed E-state index contributed by atoms with van der Waals surface area (Å²) in [5.41, 5.74) is 4.25. The van der Waals surface area contributed by atoms with E-state index >= 15 is 0 Å². The molecular formula is C25H30ClNO5. The lowest BCUT2D eigenvalue weighted by Crippen LogP contribution is -2.30. The number of carbonyl (C=O) groups excluding carboxylic acids is 1. The van der Waals surface area contributed by atoms with E-state index in [9.17, 15) is 9.90 Å². The number of carbonyl (C=O) groups is 1. The van der Waals surface area contributed by atoms with Crippen molar-refractivity contribution >= 4 is 24.1 Å². The van der Waals surface area contributed by atoms with E-state index in [4.69, 9.17) is 19.2 Å². The largest absolute Gasteiger partial charge is 0.507 e. The SMILES string of the molecule is CCOc1cc2c(c3c1OC(C)(C)C3)C(c1ccc(C(=O)OC)c(O)c1)=NC(C)(C)C2.Cl. The summed E-state index contributed by atoms with van der Waals surface area (Å²) in [7, 11) is 1.29. The summed E-state index contributed by atoms with van der Waals surface area (Å²) >= 11 is 0. The second-order valence-corrected chi connectivity index (χ2v) is 9.36. The molecular weight excluding hydrogens is 430 g/mol. The summed E-state index contributed by atoms with van der Waals surface area (Å²) in [6.45, 7) is 10.8. The Labute approximate surface area is 195 Å². The Morgan fingerprint density at radius 3 is 2.53 bits per heavy atom. The molecule has 0 amide bonds. The number of fused-ring (bicyclic) bond motifs is 3. The Morgan fingerprint density at radius 2 is 1.91 bits per heavy atom. The van der Waals surface area contributed by atoms with Gasteiger partial charge in [0.1, 0.15) is 16.9 Å². The van der Waals surface area contributed by atoms with E-state index in [0.29, 0.717) is 6.61 Å². The number of phenols is 1. The van der Waals surface area contributed by atoms with Crippen molar-refractivity contribution in [3.63, 3.8) is 0 Å². The van der Waals surface area contributed by atoms with Gasteiger partial charge in [-0.1, -0.05) is 6.07 Å². The second kappa shape index (κ2) is 8.32. The smallest absolute Gasteiger partial charge is 0.341 e. The quantitative estimate of drug-likeness (QED) is 0.659. The van der Waals surface area contributed by atoms with Gasteiger partial charge in [0.15, 0.2) is 11.5 Å². The van der Waals surface area contributed by atoms with Crippen molar-refractivity contribution in [2.24, 2.45) is 4.99 Å². The summed E-state index contributed by atoms with van der Waals surface area (Å²) < 4.78 is 17.0. The van der Waals surface area contributed by atoms with Gasteiger partial charge in [0.05, 0.1) is 25.0 Å². The fraction of sp³-hybridized carbons (Fsp3) is 0.440. The molecule has 0 radical (unpaired) electrons. The summed E-state index contributed by atoms with van der Waals surface area (Å²) in [5, 5.41) is 10.5. The van der Waals surface area contributed by atoms with Gasteiger partial charge in [-0.15, -0.1) is 12.4 Å². The van der Waals surface area contributed by atoms with E-state index in [2.05, 4.69) is 33.8 Å². The van der Waals surface area contributed by atoms with Crippen LogP contribution in [-0.4, -0.2) is 41.6 Å². The van der Waals surface area contributed by atoms with Crippen molar-refractivity contribution < 1.29 is 24.1 Å². The van der Waals surface area contributed by atoms with Crippen LogP contribution in [0.3, 0.4) is 0 Å². The standard InChI is InChI=1S/C25H29NO5.ClH/c1-7-30-19-11-15-12-24(2,3)26-21(20(15)17-13-25(4,5)31-22(17)19)14-8-9-16(18(27)10-14)23(28)29-6;/h8-11,27H,7,12-13H2,1-6H3;1H. The maximum atomic E-state index is 11.9. The normalized spacial score (nSPS) is 17.2. The highest BCUT2D eigenvalue weighted by molar-refractivity contribution is 6.16.